The highest BCUT2D eigenvalue weighted by atomic mass is 35.5. The monoisotopic (exact) mass is 635 g/mol. The second kappa shape index (κ2) is 15.0. The average molecular weight is 636 g/mol. The number of carbonyl (C=O) groups excluding carboxylic acids is 3. The lowest BCUT2D eigenvalue weighted by atomic mass is 10.1. The molecule has 1 unspecified atom stereocenters. The van der Waals surface area contributed by atoms with Crippen LogP contribution < -0.4 is 16.0 Å². The fourth-order valence-corrected chi connectivity index (χ4v) is 5.41. The van der Waals surface area contributed by atoms with Gasteiger partial charge in [-0.05, 0) is 90.0 Å². The van der Waals surface area contributed by atoms with E-state index >= 15 is 0 Å². The van der Waals surface area contributed by atoms with Crippen LogP contribution in [0, 0.1) is 5.82 Å². The van der Waals surface area contributed by atoms with Crippen LogP contribution in [0.5, 0.6) is 0 Å². The van der Waals surface area contributed by atoms with E-state index in [-0.39, 0.29) is 17.4 Å². The van der Waals surface area contributed by atoms with Gasteiger partial charge in [0.1, 0.15) is 16.8 Å². The van der Waals surface area contributed by atoms with Crippen LogP contribution in [0.2, 0.25) is 5.02 Å². The average Bonchev–Trinajstić information content (AvgIpc) is 3.06. The second-order valence-electron chi connectivity index (χ2n) is 9.81. The number of hydrogen-bond acceptors (Lipinski definition) is 4. The molecule has 9 heteroatoms. The predicted octanol–water partition coefficient (Wildman–Crippen LogP) is 8.36. The Morgan fingerprint density at radius 1 is 0.689 bits per heavy atom. The molecular weight excluding hydrogens is 609 g/mol. The zero-order valence-corrected chi connectivity index (χ0v) is 25.3. The Bertz CT molecular complexity index is 1800. The zero-order valence-electron chi connectivity index (χ0n) is 23.7. The van der Waals surface area contributed by atoms with E-state index in [1.807, 2.05) is 30.3 Å². The van der Waals surface area contributed by atoms with Crippen molar-refractivity contribution in [1.82, 2.24) is 5.32 Å². The smallest absolute Gasteiger partial charge is 0.272 e. The quantitative estimate of drug-likeness (QED) is 0.106. The van der Waals surface area contributed by atoms with Crippen LogP contribution >= 0.6 is 23.4 Å². The molecule has 5 aromatic carbocycles. The highest BCUT2D eigenvalue weighted by Gasteiger charge is 2.22. The van der Waals surface area contributed by atoms with E-state index in [0.717, 1.165) is 10.5 Å². The molecule has 6 nitrogen and oxygen atoms in total. The van der Waals surface area contributed by atoms with E-state index in [1.54, 1.807) is 84.9 Å². The summed E-state index contributed by atoms with van der Waals surface area (Å²) in [4.78, 5) is 40.4. The molecule has 0 fully saturated rings. The first-order valence-corrected chi connectivity index (χ1v) is 15.1. The van der Waals surface area contributed by atoms with Gasteiger partial charge >= 0.3 is 0 Å². The van der Waals surface area contributed by atoms with Crippen molar-refractivity contribution < 1.29 is 18.8 Å². The molecule has 5 rings (SSSR count). The van der Waals surface area contributed by atoms with E-state index in [2.05, 4.69) is 16.0 Å². The molecule has 0 heterocycles. The molecule has 0 aliphatic carbocycles. The number of hydrogen-bond donors (Lipinski definition) is 3. The number of amides is 3. The van der Waals surface area contributed by atoms with Crippen molar-refractivity contribution in [2.24, 2.45) is 0 Å². The van der Waals surface area contributed by atoms with Crippen molar-refractivity contribution >= 4 is 58.5 Å². The summed E-state index contributed by atoms with van der Waals surface area (Å²) in [6.45, 7) is 0. The van der Waals surface area contributed by atoms with Gasteiger partial charge in [-0.3, -0.25) is 14.4 Å². The molecule has 0 aliphatic heterocycles. The lowest BCUT2D eigenvalue weighted by Crippen LogP contribution is -2.30. The van der Waals surface area contributed by atoms with Crippen LogP contribution in [0.3, 0.4) is 0 Å². The van der Waals surface area contributed by atoms with Crippen molar-refractivity contribution in [2.45, 2.75) is 10.1 Å². The summed E-state index contributed by atoms with van der Waals surface area (Å²) >= 11 is 7.35. The van der Waals surface area contributed by atoms with Gasteiger partial charge < -0.3 is 16.0 Å². The number of nitrogens with one attached hydrogen (secondary N) is 3. The van der Waals surface area contributed by atoms with Gasteiger partial charge in [0.2, 0.25) is 5.91 Å². The minimum Gasteiger partial charge on any atom is -0.325 e. The van der Waals surface area contributed by atoms with Crippen molar-refractivity contribution in [3.8, 4) is 0 Å². The first-order valence-electron chi connectivity index (χ1n) is 13.9. The summed E-state index contributed by atoms with van der Waals surface area (Å²) in [6.07, 6.45) is 1.57. The third kappa shape index (κ3) is 8.92. The van der Waals surface area contributed by atoms with Crippen LogP contribution in [0.4, 0.5) is 15.8 Å². The van der Waals surface area contributed by atoms with E-state index in [0.29, 0.717) is 27.5 Å². The maximum Gasteiger partial charge on any atom is 0.272 e. The van der Waals surface area contributed by atoms with E-state index in [1.165, 1.54) is 36.0 Å². The van der Waals surface area contributed by atoms with Crippen molar-refractivity contribution in [3.05, 3.63) is 167 Å². The van der Waals surface area contributed by atoms with E-state index < -0.39 is 17.1 Å². The van der Waals surface area contributed by atoms with Gasteiger partial charge in [0.15, 0.2) is 0 Å². The highest BCUT2D eigenvalue weighted by Crippen LogP contribution is 2.36. The van der Waals surface area contributed by atoms with Gasteiger partial charge in [-0.2, -0.15) is 0 Å². The van der Waals surface area contributed by atoms with Crippen molar-refractivity contribution in [2.75, 3.05) is 10.6 Å². The molecule has 0 saturated heterocycles. The molecule has 0 radical (unpaired) electrons. The second-order valence-corrected chi connectivity index (χ2v) is 11.4. The molecule has 0 aliphatic rings. The number of carbonyl (C=O) groups is 3. The minimum atomic E-state index is -0.598. The molecule has 0 aromatic heterocycles. The molecular formula is C36H27ClFN3O3S. The largest absolute Gasteiger partial charge is 0.325 e. The molecule has 0 saturated carbocycles. The SMILES string of the molecule is O=C(Nc1ccc(SC(C(=O)Nc2ccc(F)cc2)c2ccccc2)cc1)/C(=C/c1ccc(Cl)cc1)NC(=O)c1ccccc1. The molecule has 0 bridgehead atoms. The number of halogens is 2. The normalized spacial score (nSPS) is 11.7. The Morgan fingerprint density at radius 3 is 1.91 bits per heavy atom. The summed E-state index contributed by atoms with van der Waals surface area (Å²) in [7, 11) is 0. The van der Waals surface area contributed by atoms with Gasteiger partial charge in [0.05, 0.1) is 0 Å². The molecule has 3 amide bonds. The maximum absolute atomic E-state index is 13.4. The van der Waals surface area contributed by atoms with Crippen molar-refractivity contribution in [1.29, 1.82) is 0 Å². The number of benzene rings is 5. The Hall–Kier alpha value is -5.18. The summed E-state index contributed by atoms with van der Waals surface area (Å²) in [6, 6.07) is 37.4. The Balaban J connectivity index is 1.32. The summed E-state index contributed by atoms with van der Waals surface area (Å²) < 4.78 is 13.4. The minimum absolute atomic E-state index is 0.0474. The van der Waals surface area contributed by atoms with Gasteiger partial charge in [-0.15, -0.1) is 11.8 Å². The lowest BCUT2D eigenvalue weighted by molar-refractivity contribution is -0.116. The summed E-state index contributed by atoms with van der Waals surface area (Å²) in [5.41, 5.74) is 2.91. The number of thioether (sulfide) groups is 1. The van der Waals surface area contributed by atoms with Crippen LogP contribution in [0.1, 0.15) is 26.7 Å². The van der Waals surface area contributed by atoms with E-state index in [4.69, 9.17) is 11.6 Å². The number of rotatable bonds is 10. The fourth-order valence-electron chi connectivity index (χ4n) is 4.26. The molecule has 45 heavy (non-hydrogen) atoms. The fraction of sp³-hybridized carbons (Fsp3) is 0.0278. The van der Waals surface area contributed by atoms with Gasteiger partial charge in [-0.1, -0.05) is 72.3 Å². The van der Waals surface area contributed by atoms with Crippen LogP contribution in [-0.2, 0) is 9.59 Å². The first kappa shape index (κ1) is 31.3. The van der Waals surface area contributed by atoms with Crippen LogP contribution in [0.15, 0.2) is 144 Å². The predicted molar refractivity (Wildman–Crippen MR) is 178 cm³/mol. The van der Waals surface area contributed by atoms with Crippen LogP contribution in [-0.4, -0.2) is 17.7 Å². The third-order valence-corrected chi connectivity index (χ3v) is 8.05. The van der Waals surface area contributed by atoms with E-state index in [9.17, 15) is 18.8 Å². The maximum atomic E-state index is 13.4. The highest BCUT2D eigenvalue weighted by molar-refractivity contribution is 8.00. The Morgan fingerprint density at radius 2 is 1.27 bits per heavy atom. The summed E-state index contributed by atoms with van der Waals surface area (Å²) in [5.74, 6) is -1.60. The number of anilines is 2. The Kier molecular flexibility index (Phi) is 10.4. The molecule has 5 aromatic rings. The standard InChI is InChI=1S/C36H27ClFN3O3S/c37-27-13-11-24(12-14-27)23-32(41-34(42)26-9-5-2-6-10-26)35(43)39-30-19-21-31(22-20-30)45-33(25-7-3-1-4-8-25)36(44)40-29-17-15-28(38)16-18-29/h1-23,33H,(H,39,43)(H,40,44)(H,41,42)/b32-23-. The lowest BCUT2D eigenvalue weighted by Gasteiger charge is -2.17. The van der Waals surface area contributed by atoms with Gasteiger partial charge in [0, 0.05) is 26.9 Å². The van der Waals surface area contributed by atoms with Crippen LogP contribution in [0.25, 0.3) is 6.08 Å². The third-order valence-electron chi connectivity index (χ3n) is 6.53. The van der Waals surface area contributed by atoms with Gasteiger partial charge in [0.25, 0.3) is 11.8 Å². The Labute approximate surface area is 269 Å². The van der Waals surface area contributed by atoms with Crippen molar-refractivity contribution in [3.63, 3.8) is 0 Å². The topological polar surface area (TPSA) is 87.3 Å². The molecule has 0 spiro atoms. The summed E-state index contributed by atoms with van der Waals surface area (Å²) in [5, 5.41) is 8.36. The molecule has 224 valence electrons. The molecule has 1 atom stereocenters. The molecule has 3 N–H and O–H groups in total. The zero-order chi connectivity index (χ0) is 31.6. The van der Waals surface area contributed by atoms with Gasteiger partial charge in [-0.25, -0.2) is 4.39 Å². The first-order chi connectivity index (χ1) is 21.8.